The fraction of sp³-hybridized carbons (Fsp3) is 0.238. The molecule has 0 saturated carbocycles. The molecule has 1 aliphatic rings. The van der Waals surface area contributed by atoms with E-state index in [0.29, 0.717) is 18.9 Å². The van der Waals surface area contributed by atoms with Gasteiger partial charge < -0.3 is 5.73 Å². The van der Waals surface area contributed by atoms with E-state index in [2.05, 4.69) is 41.8 Å². The van der Waals surface area contributed by atoms with Crippen molar-refractivity contribution in [3.05, 3.63) is 71.1 Å². The lowest BCUT2D eigenvalue weighted by atomic mass is 9.87. The highest BCUT2D eigenvalue weighted by molar-refractivity contribution is 7.17. The zero-order chi connectivity index (χ0) is 18.1. The Balaban J connectivity index is 1.58. The Labute approximate surface area is 157 Å². The number of benzene rings is 2. The van der Waals surface area contributed by atoms with Crippen molar-refractivity contribution in [2.75, 3.05) is 6.54 Å². The van der Waals surface area contributed by atoms with Crippen molar-refractivity contribution in [1.29, 1.82) is 0 Å². The number of amides is 1. The molecule has 2 aromatic carbocycles. The summed E-state index contributed by atoms with van der Waals surface area (Å²) in [6.45, 7) is 2.54. The lowest BCUT2D eigenvalue weighted by Crippen LogP contribution is -2.50. The summed E-state index contributed by atoms with van der Waals surface area (Å²) >= 11 is 1.71. The summed E-state index contributed by atoms with van der Waals surface area (Å²) in [6.07, 6.45) is 1.10. The van der Waals surface area contributed by atoms with Crippen molar-refractivity contribution in [2.45, 2.75) is 25.3 Å². The van der Waals surface area contributed by atoms with Gasteiger partial charge in [0, 0.05) is 11.2 Å². The SMILES string of the molecule is C[C@@]1(c2ccc3sccc3c2)CC(=O)N(CCc2ccccc2)C(N)=N1. The summed E-state index contributed by atoms with van der Waals surface area (Å²) in [4.78, 5) is 19.1. The van der Waals surface area contributed by atoms with Crippen molar-refractivity contribution in [3.63, 3.8) is 0 Å². The second-order valence-corrected chi connectivity index (χ2v) is 7.82. The first-order valence-corrected chi connectivity index (χ1v) is 9.60. The summed E-state index contributed by atoms with van der Waals surface area (Å²) in [6, 6.07) is 18.5. The molecule has 1 aliphatic heterocycles. The molecular formula is C21H21N3OS. The highest BCUT2D eigenvalue weighted by Crippen LogP contribution is 2.35. The quantitative estimate of drug-likeness (QED) is 0.764. The van der Waals surface area contributed by atoms with E-state index in [1.807, 2.05) is 25.1 Å². The molecule has 0 unspecified atom stereocenters. The van der Waals surface area contributed by atoms with Crippen LogP contribution in [-0.4, -0.2) is 23.3 Å². The van der Waals surface area contributed by atoms with Gasteiger partial charge >= 0.3 is 0 Å². The van der Waals surface area contributed by atoms with Crippen molar-refractivity contribution >= 4 is 33.3 Å². The molecule has 3 aromatic rings. The van der Waals surface area contributed by atoms with Gasteiger partial charge in [-0.1, -0.05) is 36.4 Å². The molecule has 0 fully saturated rings. The fourth-order valence-corrected chi connectivity index (χ4v) is 4.23. The number of carbonyl (C=O) groups is 1. The van der Waals surface area contributed by atoms with Gasteiger partial charge in [0.1, 0.15) is 0 Å². The fourth-order valence-electron chi connectivity index (χ4n) is 3.46. The van der Waals surface area contributed by atoms with Crippen LogP contribution in [0.3, 0.4) is 0 Å². The van der Waals surface area contributed by atoms with Gasteiger partial charge in [-0.3, -0.25) is 9.69 Å². The third-order valence-corrected chi connectivity index (χ3v) is 5.87. The number of thiophene rings is 1. The van der Waals surface area contributed by atoms with Crippen molar-refractivity contribution in [3.8, 4) is 0 Å². The minimum Gasteiger partial charge on any atom is -0.369 e. The lowest BCUT2D eigenvalue weighted by molar-refractivity contribution is -0.129. The molecule has 5 heteroatoms. The molecule has 4 rings (SSSR count). The summed E-state index contributed by atoms with van der Waals surface area (Å²) in [7, 11) is 0. The van der Waals surface area contributed by atoms with E-state index in [1.54, 1.807) is 16.2 Å². The second-order valence-electron chi connectivity index (χ2n) is 6.87. The molecule has 0 bridgehead atoms. The number of nitrogens with two attached hydrogens (primary N) is 1. The average molecular weight is 363 g/mol. The van der Waals surface area contributed by atoms with Gasteiger partial charge in [0.25, 0.3) is 0 Å². The number of fused-ring (bicyclic) bond motifs is 1. The Morgan fingerprint density at radius 2 is 2.00 bits per heavy atom. The molecular weight excluding hydrogens is 342 g/mol. The van der Waals surface area contributed by atoms with Gasteiger partial charge in [0.05, 0.1) is 12.0 Å². The Morgan fingerprint density at radius 3 is 2.77 bits per heavy atom. The zero-order valence-corrected chi connectivity index (χ0v) is 15.5. The van der Waals surface area contributed by atoms with Gasteiger partial charge in [-0.15, -0.1) is 11.3 Å². The van der Waals surface area contributed by atoms with Crippen LogP contribution < -0.4 is 5.73 Å². The number of rotatable bonds is 4. The van der Waals surface area contributed by atoms with E-state index in [1.165, 1.54) is 15.6 Å². The van der Waals surface area contributed by atoms with Gasteiger partial charge in [-0.05, 0) is 53.4 Å². The molecule has 132 valence electrons. The van der Waals surface area contributed by atoms with Crippen LogP contribution in [-0.2, 0) is 16.8 Å². The Morgan fingerprint density at radius 1 is 1.19 bits per heavy atom. The molecule has 2 heterocycles. The van der Waals surface area contributed by atoms with Gasteiger partial charge in [0.2, 0.25) is 5.91 Å². The molecule has 1 amide bonds. The summed E-state index contributed by atoms with van der Waals surface area (Å²) in [5.74, 6) is 0.339. The predicted molar refractivity (Wildman–Crippen MR) is 107 cm³/mol. The standard InChI is InChI=1S/C21H21N3OS/c1-21(17-7-8-18-16(13-17)10-12-26-18)14-19(25)24(20(22)23-21)11-9-15-5-3-2-4-6-15/h2-8,10,12-13H,9,11,14H2,1H3,(H2,22,23)/t21-/m0/s1. The van der Waals surface area contributed by atoms with Gasteiger partial charge in [0.15, 0.2) is 5.96 Å². The number of aliphatic imine (C=N–C) groups is 1. The molecule has 1 aromatic heterocycles. The molecule has 0 radical (unpaired) electrons. The normalized spacial score (nSPS) is 20.4. The Bertz CT molecular complexity index is 979. The van der Waals surface area contributed by atoms with Crippen LogP contribution in [0, 0.1) is 0 Å². The summed E-state index contributed by atoms with van der Waals surface area (Å²) < 4.78 is 1.24. The van der Waals surface area contributed by atoms with Crippen molar-refractivity contribution in [1.82, 2.24) is 4.90 Å². The number of hydrogen-bond donors (Lipinski definition) is 1. The Hall–Kier alpha value is -2.66. The topological polar surface area (TPSA) is 58.7 Å². The summed E-state index contributed by atoms with van der Waals surface area (Å²) in [5.41, 5.74) is 7.80. The molecule has 4 nitrogen and oxygen atoms in total. The number of carbonyl (C=O) groups excluding carboxylic acids is 1. The maximum Gasteiger partial charge on any atom is 0.232 e. The minimum absolute atomic E-state index is 0.0290. The maximum absolute atomic E-state index is 12.8. The van der Waals surface area contributed by atoms with E-state index in [0.717, 1.165) is 12.0 Å². The van der Waals surface area contributed by atoms with E-state index < -0.39 is 5.54 Å². The van der Waals surface area contributed by atoms with Crippen LogP contribution in [0.5, 0.6) is 0 Å². The first-order chi connectivity index (χ1) is 12.5. The van der Waals surface area contributed by atoms with Crippen molar-refractivity contribution < 1.29 is 4.79 Å². The Kier molecular flexibility index (Phi) is 4.24. The molecule has 2 N–H and O–H groups in total. The molecule has 0 aliphatic carbocycles. The van der Waals surface area contributed by atoms with Gasteiger partial charge in [-0.2, -0.15) is 0 Å². The van der Waals surface area contributed by atoms with Gasteiger partial charge in [-0.25, -0.2) is 4.99 Å². The third kappa shape index (κ3) is 3.10. The van der Waals surface area contributed by atoms with Crippen LogP contribution in [0.15, 0.2) is 65.0 Å². The van der Waals surface area contributed by atoms with E-state index >= 15 is 0 Å². The molecule has 1 atom stereocenters. The van der Waals surface area contributed by atoms with Crippen LogP contribution >= 0.6 is 11.3 Å². The lowest BCUT2D eigenvalue weighted by Gasteiger charge is -2.35. The van der Waals surface area contributed by atoms with Crippen LogP contribution in [0.2, 0.25) is 0 Å². The van der Waals surface area contributed by atoms with E-state index in [4.69, 9.17) is 10.7 Å². The highest BCUT2D eigenvalue weighted by atomic mass is 32.1. The highest BCUT2D eigenvalue weighted by Gasteiger charge is 2.37. The van der Waals surface area contributed by atoms with Crippen LogP contribution in [0.25, 0.3) is 10.1 Å². The number of nitrogens with zero attached hydrogens (tertiary/aromatic N) is 2. The third-order valence-electron chi connectivity index (χ3n) is 4.98. The maximum atomic E-state index is 12.8. The number of hydrogen-bond acceptors (Lipinski definition) is 4. The zero-order valence-electron chi connectivity index (χ0n) is 14.7. The average Bonchev–Trinajstić information content (AvgIpc) is 3.09. The van der Waals surface area contributed by atoms with Crippen LogP contribution in [0.1, 0.15) is 24.5 Å². The first-order valence-electron chi connectivity index (χ1n) is 8.72. The van der Waals surface area contributed by atoms with Crippen molar-refractivity contribution in [2.24, 2.45) is 10.7 Å². The minimum atomic E-state index is -0.611. The largest absolute Gasteiger partial charge is 0.369 e. The molecule has 26 heavy (non-hydrogen) atoms. The smallest absolute Gasteiger partial charge is 0.232 e. The second kappa shape index (κ2) is 6.57. The van der Waals surface area contributed by atoms with Crippen LogP contribution in [0.4, 0.5) is 0 Å². The predicted octanol–water partition coefficient (Wildman–Crippen LogP) is 3.91. The van der Waals surface area contributed by atoms with E-state index in [-0.39, 0.29) is 5.91 Å². The molecule has 0 saturated heterocycles. The number of guanidine groups is 1. The van der Waals surface area contributed by atoms with E-state index in [9.17, 15) is 4.79 Å². The summed E-state index contributed by atoms with van der Waals surface area (Å²) in [5, 5.41) is 3.26. The monoisotopic (exact) mass is 363 g/mol. The first kappa shape index (κ1) is 16.8. The molecule has 0 spiro atoms.